The molecular weight excluding hydrogens is 768 g/mol. The number of benzene rings is 3. The number of halogens is 2. The fourth-order valence-corrected chi connectivity index (χ4v) is 8.07. The Labute approximate surface area is 322 Å². The molecule has 0 saturated heterocycles. The van der Waals surface area contributed by atoms with Gasteiger partial charge < -0.3 is 20.3 Å². The van der Waals surface area contributed by atoms with Crippen molar-refractivity contribution >= 4 is 39.0 Å². The van der Waals surface area contributed by atoms with Gasteiger partial charge in [-0.2, -0.15) is 5.26 Å². The number of aromatic nitrogens is 1. The number of nitriles is 1. The van der Waals surface area contributed by atoms with Gasteiger partial charge in [0.25, 0.3) is 0 Å². The number of aliphatic hydroxyl groups excluding tert-OH is 4. The first kappa shape index (κ1) is 41.4. The van der Waals surface area contributed by atoms with E-state index < -0.39 is 21.3 Å². The Kier molecular flexibility index (Phi) is 15.6. The maximum atomic E-state index is 9.78. The van der Waals surface area contributed by atoms with Crippen LogP contribution in [0.15, 0.2) is 67.0 Å². The standard InChI is InChI=1S/C39H46AsCl2N3O7/c1-26-29(7-4-8-31(26)32-9-5-10-34(37(32)42)50-12-6-11-40-38(2,22-46)23-47)21-52-36-15-35(51-20-28-13-27(16-43)17-44-18-28)30(14-33(36)41)19-45-39(3,24-48)25-49/h4-5,7-10,13-15,17-18,40,45-49H,6,11-12,19-25H2,1-3H3. The van der Waals surface area contributed by atoms with E-state index in [1.54, 1.807) is 31.3 Å². The van der Waals surface area contributed by atoms with Gasteiger partial charge in [0.05, 0.1) is 29.3 Å². The van der Waals surface area contributed by atoms with Crippen LogP contribution in [-0.2, 0) is 19.8 Å². The van der Waals surface area contributed by atoms with E-state index in [4.69, 9.17) is 37.4 Å². The van der Waals surface area contributed by atoms with Gasteiger partial charge in [0, 0.05) is 36.1 Å². The third-order valence-electron chi connectivity index (χ3n) is 8.75. The zero-order valence-electron chi connectivity index (χ0n) is 29.6. The fourth-order valence-electron chi connectivity index (χ4n) is 5.14. The summed E-state index contributed by atoms with van der Waals surface area (Å²) in [7, 11) is 0. The predicted molar refractivity (Wildman–Crippen MR) is 205 cm³/mol. The van der Waals surface area contributed by atoms with Crippen molar-refractivity contribution in [2.45, 2.75) is 61.9 Å². The monoisotopic (exact) mass is 813 g/mol. The van der Waals surface area contributed by atoms with Crippen molar-refractivity contribution in [2.24, 2.45) is 0 Å². The molecule has 10 nitrogen and oxygen atoms in total. The normalized spacial score (nSPS) is 11.9. The molecule has 4 aromatic rings. The molecule has 52 heavy (non-hydrogen) atoms. The number of hydrogen-bond donors (Lipinski definition) is 5. The van der Waals surface area contributed by atoms with Crippen LogP contribution in [0.25, 0.3) is 11.1 Å². The van der Waals surface area contributed by atoms with Crippen LogP contribution in [0.1, 0.15) is 48.1 Å². The molecule has 0 radical (unpaired) electrons. The second kappa shape index (κ2) is 19.6. The third kappa shape index (κ3) is 11.1. The van der Waals surface area contributed by atoms with Crippen LogP contribution in [0, 0.1) is 18.3 Å². The van der Waals surface area contributed by atoms with Crippen molar-refractivity contribution in [1.82, 2.24) is 10.3 Å². The van der Waals surface area contributed by atoms with E-state index in [1.165, 1.54) is 6.20 Å². The Balaban J connectivity index is 1.51. The summed E-state index contributed by atoms with van der Waals surface area (Å²) in [4.78, 5) is 4.11. The summed E-state index contributed by atoms with van der Waals surface area (Å²) in [6.45, 7) is 6.12. The van der Waals surface area contributed by atoms with Gasteiger partial charge in [-0.15, -0.1) is 0 Å². The quantitative estimate of drug-likeness (QED) is 0.0529. The molecule has 0 aliphatic heterocycles. The van der Waals surface area contributed by atoms with Gasteiger partial charge in [-0.1, -0.05) is 11.6 Å². The molecule has 1 atom stereocenters. The molecule has 0 bridgehead atoms. The van der Waals surface area contributed by atoms with E-state index in [2.05, 4.69) is 16.4 Å². The van der Waals surface area contributed by atoms with Crippen LogP contribution in [0.2, 0.25) is 19.5 Å². The molecule has 1 aromatic heterocycles. The molecule has 0 aliphatic rings. The molecule has 0 amide bonds. The fraction of sp³-hybridized carbons (Fsp3) is 0.385. The number of aliphatic hydroxyl groups is 4. The van der Waals surface area contributed by atoms with E-state index >= 15 is 0 Å². The van der Waals surface area contributed by atoms with Gasteiger partial charge in [0.2, 0.25) is 0 Å². The summed E-state index contributed by atoms with van der Waals surface area (Å²) in [6, 6.07) is 18.9. The molecular formula is C39H46AsCl2N3O7. The zero-order chi connectivity index (χ0) is 37.7. The number of hydrogen-bond acceptors (Lipinski definition) is 10. The molecule has 5 N–H and O–H groups in total. The Morgan fingerprint density at radius 2 is 1.54 bits per heavy atom. The Bertz CT molecular complexity index is 1830. The second-order valence-electron chi connectivity index (χ2n) is 13.1. The Morgan fingerprint density at radius 3 is 2.25 bits per heavy atom. The predicted octanol–water partition coefficient (Wildman–Crippen LogP) is 6.01. The van der Waals surface area contributed by atoms with Crippen LogP contribution in [0.4, 0.5) is 0 Å². The molecule has 0 saturated carbocycles. The number of rotatable bonds is 20. The molecule has 0 aliphatic carbocycles. The van der Waals surface area contributed by atoms with Crippen molar-refractivity contribution in [3.8, 4) is 34.4 Å². The van der Waals surface area contributed by atoms with Gasteiger partial charge >= 0.3 is 173 Å². The van der Waals surface area contributed by atoms with Crippen molar-refractivity contribution in [3.63, 3.8) is 0 Å². The molecule has 0 fully saturated rings. The molecule has 0 spiro atoms. The van der Waals surface area contributed by atoms with Gasteiger partial charge in [-0.25, -0.2) is 0 Å². The Hall–Kier alpha value is -3.36. The second-order valence-corrected chi connectivity index (χ2v) is 18.2. The van der Waals surface area contributed by atoms with Crippen LogP contribution in [-0.4, -0.2) is 79.7 Å². The first-order valence-electron chi connectivity index (χ1n) is 16.8. The number of nitrogens with zero attached hydrogens (tertiary/aromatic N) is 2. The van der Waals surface area contributed by atoms with E-state index in [-0.39, 0.29) is 50.4 Å². The van der Waals surface area contributed by atoms with E-state index in [0.717, 1.165) is 33.9 Å². The number of ether oxygens (including phenoxy) is 3. The van der Waals surface area contributed by atoms with Crippen LogP contribution in [0.3, 0.4) is 0 Å². The van der Waals surface area contributed by atoms with Gasteiger partial charge in [0.1, 0.15) is 24.2 Å². The first-order chi connectivity index (χ1) is 25.0. The summed E-state index contributed by atoms with van der Waals surface area (Å²) < 4.78 is 18.2. The molecule has 1 heterocycles. The maximum absolute atomic E-state index is 9.78. The molecule has 13 heteroatoms. The summed E-state index contributed by atoms with van der Waals surface area (Å²) >= 11 is 13.1. The van der Waals surface area contributed by atoms with Crippen LogP contribution in [0.5, 0.6) is 17.2 Å². The molecule has 4 rings (SSSR count). The van der Waals surface area contributed by atoms with Crippen LogP contribution >= 0.6 is 23.2 Å². The summed E-state index contributed by atoms with van der Waals surface area (Å²) in [5, 5.41) is 52.9. The van der Waals surface area contributed by atoms with Gasteiger partial charge in [-0.3, -0.25) is 4.98 Å². The Morgan fingerprint density at radius 1 is 0.827 bits per heavy atom. The average Bonchev–Trinajstić information content (AvgIpc) is 3.17. The summed E-state index contributed by atoms with van der Waals surface area (Å²) in [5.41, 5.74) is 4.55. The molecule has 278 valence electrons. The first-order valence-corrected chi connectivity index (χ1v) is 20.1. The van der Waals surface area contributed by atoms with E-state index in [1.807, 2.05) is 50.2 Å². The number of pyridine rings is 1. The summed E-state index contributed by atoms with van der Waals surface area (Å²) in [5.74, 6) is 1.46. The van der Waals surface area contributed by atoms with Crippen molar-refractivity contribution in [3.05, 3.63) is 105 Å². The minimum absolute atomic E-state index is 0.00946. The van der Waals surface area contributed by atoms with E-state index in [0.29, 0.717) is 50.6 Å². The average molecular weight is 815 g/mol. The topological polar surface area (TPSA) is 157 Å². The number of nitrogens with one attached hydrogen (secondary N) is 1. The minimum atomic E-state index is -0.924. The summed E-state index contributed by atoms with van der Waals surface area (Å²) in [6.07, 6.45) is 3.92. The van der Waals surface area contributed by atoms with Crippen LogP contribution < -0.4 is 19.5 Å². The van der Waals surface area contributed by atoms with E-state index in [9.17, 15) is 25.7 Å². The van der Waals surface area contributed by atoms with Crippen molar-refractivity contribution in [2.75, 3.05) is 33.0 Å². The van der Waals surface area contributed by atoms with Crippen molar-refractivity contribution < 1.29 is 34.6 Å². The molecule has 3 aromatic carbocycles. The molecule has 1 unspecified atom stereocenters. The SMILES string of the molecule is Cc1c(COc2cc(OCc3cncc(C#N)c3)c(CNC(C)(CO)CO)cc2Cl)cccc1-c1cccc(OCCC[AsH]C(C)(CO)CO)c1Cl. The van der Waals surface area contributed by atoms with Gasteiger partial charge in [0.15, 0.2) is 0 Å². The van der Waals surface area contributed by atoms with Crippen molar-refractivity contribution in [1.29, 1.82) is 5.26 Å². The zero-order valence-corrected chi connectivity index (χ0v) is 33.2. The third-order valence-corrected chi connectivity index (χ3v) is 13.2. The van der Waals surface area contributed by atoms with Gasteiger partial charge in [-0.05, 0) is 19.1 Å².